The van der Waals surface area contributed by atoms with Crippen molar-refractivity contribution in [2.45, 2.75) is 6.92 Å². The summed E-state index contributed by atoms with van der Waals surface area (Å²) in [4.78, 5) is 4.59. The number of nitrogens with zero attached hydrogens (tertiary/aromatic N) is 3. The van der Waals surface area contributed by atoms with E-state index in [0.717, 1.165) is 49.9 Å². The number of methoxy groups -OCH3 is 1. The molecule has 0 unspecified atom stereocenters. The number of fused-ring (bicyclic) bond motifs is 3. The summed E-state index contributed by atoms with van der Waals surface area (Å²) in [6.45, 7) is 2.04. The summed E-state index contributed by atoms with van der Waals surface area (Å²) in [5.41, 5.74) is 5.78. The number of aromatic nitrogens is 3. The van der Waals surface area contributed by atoms with Crippen molar-refractivity contribution in [3.8, 4) is 29.4 Å². The summed E-state index contributed by atoms with van der Waals surface area (Å²) >= 11 is 0. The van der Waals surface area contributed by atoms with E-state index < -0.39 is 0 Å². The Bertz CT molecular complexity index is 1150. The minimum Gasteiger partial charge on any atom is -0.496 e. The zero-order chi connectivity index (χ0) is 17.6. The number of benzene rings is 2. The van der Waals surface area contributed by atoms with Crippen molar-refractivity contribution in [1.29, 1.82) is 0 Å². The molecule has 2 aromatic carbocycles. The van der Waals surface area contributed by atoms with Gasteiger partial charge in [0.25, 0.3) is 0 Å². The van der Waals surface area contributed by atoms with E-state index in [1.165, 1.54) is 0 Å². The minimum absolute atomic E-state index is 0.836. The first-order valence-corrected chi connectivity index (χ1v) is 7.99. The van der Waals surface area contributed by atoms with Gasteiger partial charge in [0.15, 0.2) is 0 Å². The van der Waals surface area contributed by atoms with Crippen molar-refractivity contribution in [3.05, 3.63) is 53.7 Å². The van der Waals surface area contributed by atoms with E-state index in [-0.39, 0.29) is 0 Å². The lowest BCUT2D eigenvalue weighted by Gasteiger charge is -2.08. The van der Waals surface area contributed by atoms with Crippen LogP contribution in [0.5, 0.6) is 5.75 Å². The summed E-state index contributed by atoms with van der Waals surface area (Å²) in [6.07, 6.45) is 7.32. The topological polar surface area (TPSA) is 39.9 Å². The van der Waals surface area contributed by atoms with Crippen LogP contribution >= 0.6 is 0 Å². The van der Waals surface area contributed by atoms with Crippen LogP contribution in [0.4, 0.5) is 0 Å². The number of hydrogen-bond acceptors (Lipinski definition) is 3. The molecule has 4 heteroatoms. The summed E-state index contributed by atoms with van der Waals surface area (Å²) in [5.74, 6) is 3.48. The van der Waals surface area contributed by atoms with E-state index in [1.807, 2.05) is 55.2 Å². The molecule has 4 nitrogen and oxygen atoms in total. The second kappa shape index (κ2) is 5.64. The van der Waals surface area contributed by atoms with Crippen molar-refractivity contribution < 1.29 is 4.74 Å². The first kappa shape index (κ1) is 15.2. The number of pyridine rings is 1. The maximum absolute atomic E-state index is 5.46. The molecular formula is C21H17N3O. The highest BCUT2D eigenvalue weighted by Gasteiger charge is 2.16. The lowest BCUT2D eigenvalue weighted by atomic mass is 10.0. The summed E-state index contributed by atoms with van der Waals surface area (Å²) < 4.78 is 7.30. The largest absolute Gasteiger partial charge is 0.496 e. The average molecular weight is 327 g/mol. The first-order valence-electron chi connectivity index (χ1n) is 7.99. The quantitative estimate of drug-likeness (QED) is 0.521. The Morgan fingerprint density at radius 2 is 1.92 bits per heavy atom. The molecule has 0 spiro atoms. The molecule has 25 heavy (non-hydrogen) atoms. The van der Waals surface area contributed by atoms with E-state index in [2.05, 4.69) is 17.0 Å². The van der Waals surface area contributed by atoms with Crippen LogP contribution in [0.25, 0.3) is 33.1 Å². The summed E-state index contributed by atoms with van der Waals surface area (Å²) in [5, 5.41) is 6.89. The predicted molar refractivity (Wildman–Crippen MR) is 101 cm³/mol. The number of hydrogen-bond donors (Lipinski definition) is 0. The number of aryl methyl sites for hydroxylation is 2. The third-order valence-electron chi connectivity index (χ3n) is 4.53. The van der Waals surface area contributed by atoms with Crippen LogP contribution in [-0.2, 0) is 7.05 Å². The molecule has 0 saturated heterocycles. The fraction of sp³-hybridized carbons (Fsp3) is 0.143. The molecule has 2 heterocycles. The zero-order valence-corrected chi connectivity index (χ0v) is 14.4. The van der Waals surface area contributed by atoms with Crippen LogP contribution in [-0.4, -0.2) is 21.9 Å². The lowest BCUT2D eigenvalue weighted by molar-refractivity contribution is 0.412. The van der Waals surface area contributed by atoms with Gasteiger partial charge in [-0.3, -0.25) is 9.67 Å². The molecular weight excluding hydrogens is 310 g/mol. The van der Waals surface area contributed by atoms with Gasteiger partial charge in [-0.15, -0.1) is 6.42 Å². The molecule has 0 aliphatic heterocycles. The highest BCUT2D eigenvalue weighted by molar-refractivity contribution is 6.11. The molecule has 0 aliphatic carbocycles. The van der Waals surface area contributed by atoms with Gasteiger partial charge < -0.3 is 4.74 Å². The Labute approximate surface area is 146 Å². The van der Waals surface area contributed by atoms with Gasteiger partial charge in [-0.1, -0.05) is 18.1 Å². The third kappa shape index (κ3) is 2.33. The number of rotatable bonds is 2. The smallest absolute Gasteiger partial charge is 0.123 e. The summed E-state index contributed by atoms with van der Waals surface area (Å²) in [6, 6.07) is 12.0. The number of terminal acetylenes is 1. The summed E-state index contributed by atoms with van der Waals surface area (Å²) in [7, 11) is 3.61. The van der Waals surface area contributed by atoms with Crippen LogP contribution in [0.1, 0.15) is 11.1 Å². The van der Waals surface area contributed by atoms with E-state index in [9.17, 15) is 0 Å². The second-order valence-electron chi connectivity index (χ2n) is 6.05. The van der Waals surface area contributed by atoms with Crippen LogP contribution in [0.3, 0.4) is 0 Å². The van der Waals surface area contributed by atoms with Crippen LogP contribution in [0, 0.1) is 19.3 Å². The zero-order valence-electron chi connectivity index (χ0n) is 14.4. The van der Waals surface area contributed by atoms with Crippen molar-refractivity contribution in [2.24, 2.45) is 7.05 Å². The van der Waals surface area contributed by atoms with Crippen LogP contribution < -0.4 is 4.74 Å². The predicted octanol–water partition coefficient (Wildman–Crippen LogP) is 4.09. The molecule has 0 saturated carbocycles. The van der Waals surface area contributed by atoms with Crippen molar-refractivity contribution in [1.82, 2.24) is 14.8 Å². The van der Waals surface area contributed by atoms with Gasteiger partial charge >= 0.3 is 0 Å². The Morgan fingerprint density at radius 3 is 2.60 bits per heavy atom. The van der Waals surface area contributed by atoms with Gasteiger partial charge in [0.05, 0.1) is 24.3 Å². The van der Waals surface area contributed by atoms with Crippen molar-refractivity contribution in [3.63, 3.8) is 0 Å². The van der Waals surface area contributed by atoms with E-state index in [1.54, 1.807) is 7.11 Å². The lowest BCUT2D eigenvalue weighted by Crippen LogP contribution is -1.91. The van der Waals surface area contributed by atoms with Crippen molar-refractivity contribution in [2.75, 3.05) is 7.11 Å². The third-order valence-corrected chi connectivity index (χ3v) is 4.53. The molecule has 122 valence electrons. The monoisotopic (exact) mass is 327 g/mol. The first-order chi connectivity index (χ1) is 12.1. The Kier molecular flexibility index (Phi) is 3.43. The van der Waals surface area contributed by atoms with E-state index in [4.69, 9.17) is 16.3 Å². The molecule has 0 fully saturated rings. The molecule has 0 radical (unpaired) electrons. The maximum Gasteiger partial charge on any atom is 0.123 e. The molecule has 4 aromatic rings. The van der Waals surface area contributed by atoms with Gasteiger partial charge in [-0.25, -0.2) is 0 Å². The number of ether oxygens (including phenoxy) is 1. The van der Waals surface area contributed by atoms with Gasteiger partial charge in [0, 0.05) is 35.0 Å². The van der Waals surface area contributed by atoms with Crippen LogP contribution in [0.15, 0.2) is 42.6 Å². The van der Waals surface area contributed by atoms with Crippen LogP contribution in [0.2, 0.25) is 0 Å². The fourth-order valence-electron chi connectivity index (χ4n) is 3.21. The van der Waals surface area contributed by atoms with Gasteiger partial charge in [-0.05, 0) is 30.7 Å². The molecule has 0 bridgehead atoms. The molecule has 4 rings (SSSR count). The highest BCUT2D eigenvalue weighted by atomic mass is 16.5. The van der Waals surface area contributed by atoms with Gasteiger partial charge in [-0.2, -0.15) is 5.10 Å². The Balaban J connectivity index is 2.07. The van der Waals surface area contributed by atoms with Gasteiger partial charge in [0.2, 0.25) is 0 Å². The average Bonchev–Trinajstić information content (AvgIpc) is 2.98. The SMILES string of the molecule is C#Cc1ccc(-c2nn(C)c3cnc4cc(OC)c(C)cc4c23)cc1. The normalized spacial score (nSPS) is 11.0. The van der Waals surface area contributed by atoms with E-state index in [0.29, 0.717) is 0 Å². The molecule has 0 N–H and O–H groups in total. The standard InChI is InChI=1S/C21H17N3O/c1-5-14-6-8-15(9-7-14)21-20-16-10-13(2)19(25-4)11-17(16)22-12-18(20)24(3)23-21/h1,6-12H,2-4H3. The minimum atomic E-state index is 0.836. The molecule has 0 amide bonds. The van der Waals surface area contributed by atoms with Crippen molar-refractivity contribution >= 4 is 21.8 Å². The van der Waals surface area contributed by atoms with Gasteiger partial charge in [0.1, 0.15) is 11.4 Å². The maximum atomic E-state index is 5.46. The Hall–Kier alpha value is -3.32. The Morgan fingerprint density at radius 1 is 1.16 bits per heavy atom. The fourth-order valence-corrected chi connectivity index (χ4v) is 3.21. The second-order valence-corrected chi connectivity index (χ2v) is 6.05. The molecule has 0 aliphatic rings. The molecule has 2 aromatic heterocycles. The molecule has 0 atom stereocenters. The highest BCUT2D eigenvalue weighted by Crippen LogP contribution is 2.35. The van der Waals surface area contributed by atoms with E-state index >= 15 is 0 Å².